The first kappa shape index (κ1) is 12.3. The van der Waals surface area contributed by atoms with Crippen molar-refractivity contribution in [2.24, 2.45) is 0 Å². The fraction of sp³-hybridized carbons (Fsp3) is 0.0625. The van der Waals surface area contributed by atoms with Gasteiger partial charge in [-0.2, -0.15) is 0 Å². The van der Waals surface area contributed by atoms with Crippen molar-refractivity contribution in [2.45, 2.75) is 6.92 Å². The van der Waals surface area contributed by atoms with Gasteiger partial charge in [-0.3, -0.25) is 4.79 Å². The topological polar surface area (TPSA) is 68.3 Å². The molecule has 100 valence electrons. The average molecular weight is 266 g/mol. The fourth-order valence-corrected chi connectivity index (χ4v) is 2.11. The number of nitrogen functional groups attached to an aromatic ring is 1. The first-order chi connectivity index (χ1) is 9.65. The third-order valence-electron chi connectivity index (χ3n) is 3.25. The van der Waals surface area contributed by atoms with Crippen LogP contribution in [0.2, 0.25) is 0 Å². The number of hydrogen-bond donors (Lipinski definition) is 2. The van der Waals surface area contributed by atoms with Gasteiger partial charge in [-0.1, -0.05) is 18.2 Å². The molecule has 4 nitrogen and oxygen atoms in total. The number of carbonyl (C=O) groups excluding carboxylic acids is 1. The summed E-state index contributed by atoms with van der Waals surface area (Å²) in [5, 5.41) is 3.65. The molecule has 0 bridgehead atoms. The summed E-state index contributed by atoms with van der Waals surface area (Å²) in [6.45, 7) is 1.90. The molecule has 0 spiro atoms. The average Bonchev–Trinajstić information content (AvgIpc) is 2.87. The number of amides is 1. The van der Waals surface area contributed by atoms with E-state index in [1.54, 1.807) is 12.1 Å². The van der Waals surface area contributed by atoms with Crippen LogP contribution in [0, 0.1) is 6.92 Å². The molecule has 20 heavy (non-hydrogen) atoms. The Morgan fingerprint density at radius 2 is 2.00 bits per heavy atom. The lowest BCUT2D eigenvalue weighted by Gasteiger charge is -2.06. The highest BCUT2D eigenvalue weighted by Crippen LogP contribution is 2.22. The molecular formula is C16H14N2O2. The molecule has 0 radical (unpaired) electrons. The number of rotatable bonds is 2. The minimum atomic E-state index is -0.195. The maximum atomic E-state index is 12.3. The molecule has 0 aliphatic rings. The van der Waals surface area contributed by atoms with Gasteiger partial charge < -0.3 is 15.5 Å². The Labute approximate surface area is 116 Å². The maximum absolute atomic E-state index is 12.3. The fourth-order valence-electron chi connectivity index (χ4n) is 2.11. The molecule has 0 atom stereocenters. The highest BCUT2D eigenvalue weighted by atomic mass is 16.3. The summed E-state index contributed by atoms with van der Waals surface area (Å²) in [5.74, 6) is -0.195. The van der Waals surface area contributed by atoms with E-state index in [4.69, 9.17) is 10.2 Å². The molecule has 3 N–H and O–H groups in total. The lowest BCUT2D eigenvalue weighted by atomic mass is 10.1. The highest BCUT2D eigenvalue weighted by Gasteiger charge is 2.13. The van der Waals surface area contributed by atoms with Crippen LogP contribution in [0.3, 0.4) is 0 Å². The van der Waals surface area contributed by atoms with E-state index in [0.717, 1.165) is 10.9 Å². The Bertz CT molecular complexity index is 790. The number of nitrogens with two attached hydrogens (primary N) is 1. The van der Waals surface area contributed by atoms with Gasteiger partial charge >= 0.3 is 0 Å². The minimum Gasteiger partial charge on any atom is -0.463 e. The van der Waals surface area contributed by atoms with Crippen molar-refractivity contribution in [1.29, 1.82) is 0 Å². The van der Waals surface area contributed by atoms with Crippen LogP contribution in [0.1, 0.15) is 15.9 Å². The van der Waals surface area contributed by atoms with Crippen LogP contribution >= 0.6 is 0 Å². The Balaban J connectivity index is 1.91. The zero-order chi connectivity index (χ0) is 14.1. The van der Waals surface area contributed by atoms with Crippen LogP contribution in [0.4, 0.5) is 11.4 Å². The summed E-state index contributed by atoms with van der Waals surface area (Å²) < 4.78 is 5.37. The van der Waals surface area contributed by atoms with E-state index in [-0.39, 0.29) is 5.91 Å². The standard InChI is InChI=1S/C16H14N2O2/c1-10-8-11(6-7-14(10)17)18-16(19)13-9-20-15-5-3-2-4-12(13)15/h2-9H,17H2,1H3,(H,18,19). The lowest BCUT2D eigenvalue weighted by Crippen LogP contribution is -2.11. The smallest absolute Gasteiger partial charge is 0.259 e. The van der Waals surface area contributed by atoms with Crippen LogP contribution in [-0.4, -0.2) is 5.91 Å². The number of furan rings is 1. The first-order valence-corrected chi connectivity index (χ1v) is 6.29. The van der Waals surface area contributed by atoms with Crippen molar-refractivity contribution in [3.05, 3.63) is 59.9 Å². The summed E-state index contributed by atoms with van der Waals surface area (Å²) in [6, 6.07) is 12.8. The normalized spacial score (nSPS) is 10.7. The van der Waals surface area contributed by atoms with Crippen LogP contribution in [0.15, 0.2) is 53.1 Å². The van der Waals surface area contributed by atoms with Gasteiger partial charge in [0, 0.05) is 16.8 Å². The third-order valence-corrected chi connectivity index (χ3v) is 3.25. The van der Waals surface area contributed by atoms with E-state index in [1.165, 1.54) is 6.26 Å². The molecule has 3 aromatic rings. The van der Waals surface area contributed by atoms with Crippen LogP contribution < -0.4 is 11.1 Å². The van der Waals surface area contributed by atoms with Gasteiger partial charge in [0.1, 0.15) is 11.8 Å². The molecule has 0 unspecified atom stereocenters. The molecule has 4 heteroatoms. The van der Waals surface area contributed by atoms with Crippen LogP contribution in [-0.2, 0) is 0 Å². The summed E-state index contributed by atoms with van der Waals surface area (Å²) >= 11 is 0. The molecule has 0 saturated carbocycles. The summed E-state index contributed by atoms with van der Waals surface area (Å²) in [5.41, 5.74) is 9.33. The zero-order valence-corrected chi connectivity index (χ0v) is 11.0. The molecule has 1 aromatic heterocycles. The number of aryl methyl sites for hydroxylation is 1. The maximum Gasteiger partial charge on any atom is 0.259 e. The number of hydrogen-bond acceptors (Lipinski definition) is 3. The summed E-state index contributed by atoms with van der Waals surface area (Å²) in [7, 11) is 0. The second kappa shape index (κ2) is 4.74. The Hall–Kier alpha value is -2.75. The number of nitrogens with one attached hydrogen (secondary N) is 1. The van der Waals surface area contributed by atoms with E-state index in [1.807, 2.05) is 37.3 Å². The van der Waals surface area contributed by atoms with E-state index in [2.05, 4.69) is 5.32 Å². The molecule has 2 aromatic carbocycles. The monoisotopic (exact) mass is 266 g/mol. The summed E-state index contributed by atoms with van der Waals surface area (Å²) in [4.78, 5) is 12.3. The molecule has 1 amide bonds. The SMILES string of the molecule is Cc1cc(NC(=O)c2coc3ccccc23)ccc1N. The van der Waals surface area contributed by atoms with Gasteiger partial charge in [0.05, 0.1) is 5.56 Å². The Morgan fingerprint density at radius 1 is 1.20 bits per heavy atom. The largest absolute Gasteiger partial charge is 0.463 e. The van der Waals surface area contributed by atoms with Gasteiger partial charge in [0.15, 0.2) is 0 Å². The van der Waals surface area contributed by atoms with E-state index < -0.39 is 0 Å². The summed E-state index contributed by atoms with van der Waals surface area (Å²) in [6.07, 6.45) is 1.48. The first-order valence-electron chi connectivity index (χ1n) is 6.29. The molecule has 0 fully saturated rings. The molecule has 0 aliphatic carbocycles. The molecule has 0 aliphatic heterocycles. The minimum absolute atomic E-state index is 0.195. The van der Waals surface area contributed by atoms with Crippen molar-refractivity contribution in [3.63, 3.8) is 0 Å². The number of carbonyl (C=O) groups is 1. The quantitative estimate of drug-likeness (QED) is 0.697. The van der Waals surface area contributed by atoms with E-state index in [0.29, 0.717) is 22.5 Å². The number of fused-ring (bicyclic) bond motifs is 1. The van der Waals surface area contributed by atoms with Gasteiger partial charge in [-0.25, -0.2) is 0 Å². The van der Waals surface area contributed by atoms with Crippen molar-refractivity contribution < 1.29 is 9.21 Å². The number of para-hydroxylation sites is 1. The van der Waals surface area contributed by atoms with Crippen LogP contribution in [0.25, 0.3) is 11.0 Å². The lowest BCUT2D eigenvalue weighted by molar-refractivity contribution is 0.102. The molecule has 3 rings (SSSR count). The second-order valence-electron chi connectivity index (χ2n) is 4.67. The van der Waals surface area contributed by atoms with Crippen molar-refractivity contribution in [1.82, 2.24) is 0 Å². The van der Waals surface area contributed by atoms with Crippen molar-refractivity contribution in [3.8, 4) is 0 Å². The van der Waals surface area contributed by atoms with Crippen molar-refractivity contribution in [2.75, 3.05) is 11.1 Å². The third kappa shape index (κ3) is 2.12. The van der Waals surface area contributed by atoms with Gasteiger partial charge in [-0.15, -0.1) is 0 Å². The molecule has 1 heterocycles. The highest BCUT2D eigenvalue weighted by molar-refractivity contribution is 6.12. The zero-order valence-electron chi connectivity index (χ0n) is 11.0. The number of benzene rings is 2. The number of anilines is 2. The van der Waals surface area contributed by atoms with E-state index in [9.17, 15) is 4.79 Å². The van der Waals surface area contributed by atoms with Crippen LogP contribution in [0.5, 0.6) is 0 Å². The van der Waals surface area contributed by atoms with Crippen molar-refractivity contribution >= 4 is 28.3 Å². The predicted molar refractivity (Wildman–Crippen MR) is 79.8 cm³/mol. The van der Waals surface area contributed by atoms with Gasteiger partial charge in [0.25, 0.3) is 5.91 Å². The molecule has 0 saturated heterocycles. The van der Waals surface area contributed by atoms with E-state index >= 15 is 0 Å². The Kier molecular flexibility index (Phi) is 2.91. The van der Waals surface area contributed by atoms with Gasteiger partial charge in [-0.05, 0) is 36.8 Å². The van der Waals surface area contributed by atoms with Gasteiger partial charge in [0.2, 0.25) is 0 Å². The second-order valence-corrected chi connectivity index (χ2v) is 4.67. The predicted octanol–water partition coefficient (Wildman–Crippen LogP) is 3.58. The molecular weight excluding hydrogens is 252 g/mol. The Morgan fingerprint density at radius 3 is 2.80 bits per heavy atom.